The van der Waals surface area contributed by atoms with Gasteiger partial charge in [0.25, 0.3) is 0 Å². The average molecular weight is 420 g/mol. The van der Waals surface area contributed by atoms with E-state index in [1.54, 1.807) is 0 Å². The molecule has 4 saturated carbocycles. The number of hydrogen-bond donors (Lipinski definition) is 0. The van der Waals surface area contributed by atoms with E-state index in [9.17, 15) is 9.59 Å². The number of carbonyl (C=O) groups excluding carboxylic acids is 2. The van der Waals surface area contributed by atoms with Crippen LogP contribution in [0.2, 0.25) is 0 Å². The summed E-state index contributed by atoms with van der Waals surface area (Å²) >= 11 is 0. The monoisotopic (exact) mass is 419 g/mol. The molecule has 5 aliphatic rings. The molecule has 0 aromatic rings. The minimum atomic E-state index is -0.175. The van der Waals surface area contributed by atoms with Gasteiger partial charge < -0.3 is 14.4 Å². The maximum absolute atomic E-state index is 12.5. The highest BCUT2D eigenvalue weighted by atomic mass is 16.5. The van der Waals surface area contributed by atoms with E-state index in [1.807, 2.05) is 0 Å². The quantitative estimate of drug-likeness (QED) is 0.536. The van der Waals surface area contributed by atoms with E-state index in [2.05, 4.69) is 23.8 Å². The van der Waals surface area contributed by atoms with Gasteiger partial charge in [0.15, 0.2) is 0 Å². The van der Waals surface area contributed by atoms with Gasteiger partial charge in [-0.25, -0.2) is 0 Å². The van der Waals surface area contributed by atoms with Gasteiger partial charge in [-0.15, -0.1) is 0 Å². The second-order valence-corrected chi connectivity index (χ2v) is 10.7. The summed E-state index contributed by atoms with van der Waals surface area (Å²) in [6.07, 6.45) is 9.07. The van der Waals surface area contributed by atoms with E-state index >= 15 is 0 Å². The van der Waals surface area contributed by atoms with Gasteiger partial charge >= 0.3 is 11.9 Å². The number of piperazine rings is 1. The van der Waals surface area contributed by atoms with E-state index < -0.39 is 0 Å². The van der Waals surface area contributed by atoms with E-state index in [0.717, 1.165) is 43.9 Å². The predicted molar refractivity (Wildman–Crippen MR) is 115 cm³/mol. The first-order chi connectivity index (χ1) is 14.4. The summed E-state index contributed by atoms with van der Waals surface area (Å²) < 4.78 is 10.9. The molecule has 4 aliphatic carbocycles. The molecular formula is C24H39N2O4. The molecule has 0 aromatic heterocycles. The molecule has 1 aliphatic heterocycles. The number of esters is 2. The third kappa shape index (κ3) is 5.76. The van der Waals surface area contributed by atoms with Crippen LogP contribution in [0.4, 0.5) is 0 Å². The van der Waals surface area contributed by atoms with Gasteiger partial charge in [-0.1, -0.05) is 0 Å². The van der Waals surface area contributed by atoms with Crippen molar-refractivity contribution in [3.05, 3.63) is 6.92 Å². The van der Waals surface area contributed by atoms with Crippen molar-refractivity contribution in [2.45, 2.75) is 51.4 Å². The Morgan fingerprint density at radius 3 is 2.17 bits per heavy atom. The molecule has 1 heterocycles. The van der Waals surface area contributed by atoms with Gasteiger partial charge in [0, 0.05) is 26.2 Å². The molecular weight excluding hydrogens is 380 g/mol. The number of rotatable bonds is 9. The summed E-state index contributed by atoms with van der Waals surface area (Å²) in [7, 11) is 2.10. The summed E-state index contributed by atoms with van der Waals surface area (Å²) in [4.78, 5) is 28.9. The number of ether oxygens (including phenoxy) is 2. The van der Waals surface area contributed by atoms with Crippen LogP contribution >= 0.6 is 0 Å². The maximum Gasteiger partial charge on any atom is 0.320 e. The Kier molecular flexibility index (Phi) is 7.03. The number of nitrogens with zero attached hydrogens (tertiary/aromatic N) is 2. The van der Waals surface area contributed by atoms with Gasteiger partial charge in [0.05, 0.1) is 26.2 Å². The van der Waals surface area contributed by atoms with Crippen LogP contribution in [0.15, 0.2) is 0 Å². The van der Waals surface area contributed by atoms with Crippen LogP contribution in [-0.4, -0.2) is 74.7 Å². The van der Waals surface area contributed by atoms with E-state index in [4.69, 9.17) is 9.47 Å². The molecule has 5 fully saturated rings. The molecule has 0 amide bonds. The SMILES string of the molecule is [CH2]C(CCOC(=O)CN1CCN(C)CC1)COC(=O)CC12CC3CC(CC(C3)C1)C2. The lowest BCUT2D eigenvalue weighted by atomic mass is 9.49. The zero-order valence-electron chi connectivity index (χ0n) is 18.7. The molecule has 1 saturated heterocycles. The molecule has 0 N–H and O–H groups in total. The van der Waals surface area contributed by atoms with Gasteiger partial charge in [-0.05, 0) is 88.0 Å². The summed E-state index contributed by atoms with van der Waals surface area (Å²) in [6, 6.07) is 0. The van der Waals surface area contributed by atoms with Gasteiger partial charge in [-0.3, -0.25) is 14.5 Å². The Balaban J connectivity index is 1.09. The highest BCUT2D eigenvalue weighted by Gasteiger charge is 2.51. The molecule has 30 heavy (non-hydrogen) atoms. The fourth-order valence-corrected chi connectivity index (χ4v) is 6.73. The van der Waals surface area contributed by atoms with Crippen molar-refractivity contribution in [2.24, 2.45) is 29.1 Å². The van der Waals surface area contributed by atoms with Gasteiger partial charge in [-0.2, -0.15) is 0 Å². The lowest BCUT2D eigenvalue weighted by Crippen LogP contribution is -2.47. The van der Waals surface area contributed by atoms with Gasteiger partial charge in [0.2, 0.25) is 0 Å². The highest BCUT2D eigenvalue weighted by Crippen LogP contribution is 2.61. The molecule has 5 rings (SSSR count). The van der Waals surface area contributed by atoms with Crippen LogP contribution in [0.3, 0.4) is 0 Å². The Bertz CT molecular complexity index is 579. The smallest absolute Gasteiger partial charge is 0.320 e. The molecule has 1 atom stereocenters. The van der Waals surface area contributed by atoms with Crippen LogP contribution in [0, 0.1) is 36.0 Å². The molecule has 0 spiro atoms. The highest BCUT2D eigenvalue weighted by molar-refractivity contribution is 5.71. The fourth-order valence-electron chi connectivity index (χ4n) is 6.73. The number of carbonyl (C=O) groups is 2. The number of hydrogen-bond acceptors (Lipinski definition) is 6. The number of likely N-dealkylation sites (N-methyl/N-ethyl adjacent to an activating group) is 1. The maximum atomic E-state index is 12.5. The van der Waals surface area contributed by atoms with Crippen molar-refractivity contribution < 1.29 is 19.1 Å². The third-order valence-electron chi connectivity index (χ3n) is 7.90. The van der Waals surface area contributed by atoms with Crippen molar-refractivity contribution in [3.63, 3.8) is 0 Å². The molecule has 6 nitrogen and oxygen atoms in total. The summed E-state index contributed by atoms with van der Waals surface area (Å²) in [6.45, 7) is 8.88. The summed E-state index contributed by atoms with van der Waals surface area (Å²) in [5.74, 6) is 2.28. The Morgan fingerprint density at radius 1 is 0.967 bits per heavy atom. The Hall–Kier alpha value is -1.14. The van der Waals surface area contributed by atoms with Crippen molar-refractivity contribution in [3.8, 4) is 0 Å². The Morgan fingerprint density at radius 2 is 1.57 bits per heavy atom. The van der Waals surface area contributed by atoms with Crippen molar-refractivity contribution >= 4 is 11.9 Å². The largest absolute Gasteiger partial charge is 0.465 e. The van der Waals surface area contributed by atoms with E-state index in [1.165, 1.54) is 38.5 Å². The second kappa shape index (κ2) is 9.56. The predicted octanol–water partition coefficient (Wildman–Crippen LogP) is 2.77. The molecule has 0 aromatic carbocycles. The first kappa shape index (κ1) is 22.1. The lowest BCUT2D eigenvalue weighted by molar-refractivity contribution is -0.154. The van der Waals surface area contributed by atoms with E-state index in [0.29, 0.717) is 32.6 Å². The first-order valence-corrected chi connectivity index (χ1v) is 11.9. The zero-order chi connectivity index (χ0) is 21.1. The van der Waals surface area contributed by atoms with Crippen molar-refractivity contribution in [1.82, 2.24) is 9.80 Å². The molecule has 4 bridgehead atoms. The average Bonchev–Trinajstić information content (AvgIpc) is 2.67. The molecule has 1 radical (unpaired) electrons. The molecule has 1 unspecified atom stereocenters. The first-order valence-electron chi connectivity index (χ1n) is 11.9. The van der Waals surface area contributed by atoms with Crippen LogP contribution in [0.5, 0.6) is 0 Å². The van der Waals surface area contributed by atoms with Crippen LogP contribution in [0.1, 0.15) is 51.4 Å². The molecule has 169 valence electrons. The summed E-state index contributed by atoms with van der Waals surface area (Å²) in [5, 5.41) is 0. The second-order valence-electron chi connectivity index (χ2n) is 10.7. The van der Waals surface area contributed by atoms with Crippen LogP contribution < -0.4 is 0 Å². The van der Waals surface area contributed by atoms with E-state index in [-0.39, 0.29) is 23.3 Å². The summed E-state index contributed by atoms with van der Waals surface area (Å²) in [5.41, 5.74) is 0.224. The van der Waals surface area contributed by atoms with Crippen LogP contribution in [0.25, 0.3) is 0 Å². The fraction of sp³-hybridized carbons (Fsp3) is 0.875. The topological polar surface area (TPSA) is 59.1 Å². The van der Waals surface area contributed by atoms with Crippen molar-refractivity contribution in [2.75, 3.05) is 53.0 Å². The lowest BCUT2D eigenvalue weighted by Gasteiger charge is -2.56. The standard InChI is InChI=1S/C24H39N2O4/c1-18(3-8-29-23(28)16-26-6-4-25(2)5-7-26)17-30-22(27)15-24-12-19-9-20(13-24)11-21(10-19)14-24/h18-21H,1,3-17H2,2H3. The molecule has 6 heteroatoms. The zero-order valence-corrected chi connectivity index (χ0v) is 18.7. The Labute approximate surface area is 181 Å². The third-order valence-corrected chi connectivity index (χ3v) is 7.90. The minimum Gasteiger partial charge on any atom is -0.465 e. The van der Waals surface area contributed by atoms with Crippen molar-refractivity contribution in [1.29, 1.82) is 0 Å². The minimum absolute atomic E-state index is 0.0400. The normalized spacial score (nSPS) is 34.7. The van der Waals surface area contributed by atoms with Gasteiger partial charge in [0.1, 0.15) is 0 Å². The van der Waals surface area contributed by atoms with Crippen LogP contribution in [-0.2, 0) is 19.1 Å².